The highest BCUT2D eigenvalue weighted by atomic mass is 32.2. The summed E-state index contributed by atoms with van der Waals surface area (Å²) in [4.78, 5) is 0.254. The predicted octanol–water partition coefficient (Wildman–Crippen LogP) is 9.08. The minimum Gasteiger partial charge on any atom is -0.199 e. The van der Waals surface area contributed by atoms with Gasteiger partial charge in [0.25, 0.3) is 10.0 Å². The van der Waals surface area contributed by atoms with Gasteiger partial charge in [0, 0.05) is 5.31 Å². The lowest BCUT2D eigenvalue weighted by Crippen LogP contribution is -2.05. The van der Waals surface area contributed by atoms with Crippen molar-refractivity contribution >= 4 is 22.4 Å². The van der Waals surface area contributed by atoms with Crippen LogP contribution in [-0.2, 0) is 10.0 Å². The lowest BCUT2D eigenvalue weighted by Gasteiger charge is -2.25. The summed E-state index contributed by atoms with van der Waals surface area (Å²) >= 11 is 0. The number of hydrogen-bond donors (Lipinski definition) is 0. The van der Waals surface area contributed by atoms with Crippen LogP contribution < -0.4 is 0 Å². The van der Waals surface area contributed by atoms with Gasteiger partial charge >= 0.3 is 0 Å². The molecule has 1 unspecified atom stereocenters. The molecule has 0 radical (unpaired) electrons. The Morgan fingerprint density at radius 3 is 1.76 bits per heavy atom. The molecule has 5 heteroatoms. The number of aryl methyl sites for hydroxylation is 1. The second kappa shape index (κ2) is 8.41. The number of nitrogens with zero attached hydrogens (tertiary/aromatic N) is 1. The van der Waals surface area contributed by atoms with E-state index in [4.69, 9.17) is 4.15 Å². The second-order valence-corrected chi connectivity index (χ2v) is 15.8. The van der Waals surface area contributed by atoms with Crippen LogP contribution in [0.5, 0.6) is 0 Å². The van der Waals surface area contributed by atoms with Gasteiger partial charge in [0.05, 0.1) is 17.6 Å². The minimum absolute atomic E-state index is 0.121. The van der Waals surface area contributed by atoms with Crippen LogP contribution >= 0.6 is 7.05 Å². The van der Waals surface area contributed by atoms with Gasteiger partial charge in [-0.25, -0.2) is 0 Å². The van der Waals surface area contributed by atoms with Crippen molar-refractivity contribution in [3.63, 3.8) is 0 Å². The molecular weight excluding hydrogens is 493 g/mol. The SMILES string of the molecule is Cc1ccc(S(=O)(=O)N=P2(C3c4ccccc4-c4ccccc43)C(c3ccccc3)=C2C(C)(C)C)cc1. The molecule has 4 aromatic carbocycles. The Morgan fingerprint density at radius 1 is 0.703 bits per heavy atom. The van der Waals surface area contributed by atoms with Gasteiger partial charge in [-0.2, -0.15) is 12.6 Å². The topological polar surface area (TPSA) is 46.5 Å². The summed E-state index contributed by atoms with van der Waals surface area (Å²) in [7, 11) is -6.61. The molecule has 6 rings (SSSR count). The fourth-order valence-corrected chi connectivity index (χ4v) is 13.7. The molecule has 0 spiro atoms. The molecule has 0 N–H and O–H groups in total. The zero-order valence-corrected chi connectivity index (χ0v) is 23.2. The van der Waals surface area contributed by atoms with E-state index in [1.165, 1.54) is 27.6 Å². The van der Waals surface area contributed by atoms with Crippen molar-refractivity contribution in [2.24, 2.45) is 9.57 Å². The van der Waals surface area contributed by atoms with Crippen molar-refractivity contribution in [3.05, 3.63) is 131 Å². The highest BCUT2D eigenvalue weighted by Gasteiger charge is 2.59. The summed E-state index contributed by atoms with van der Waals surface area (Å²) in [6.45, 7) is 8.53. The van der Waals surface area contributed by atoms with Gasteiger partial charge in [-0.15, -0.1) is 0 Å². The molecule has 4 aromatic rings. The third-order valence-corrected chi connectivity index (χ3v) is 13.9. The van der Waals surface area contributed by atoms with E-state index in [0.717, 1.165) is 16.4 Å². The maximum absolute atomic E-state index is 14.1. The van der Waals surface area contributed by atoms with Gasteiger partial charge in [0.2, 0.25) is 0 Å². The molecule has 3 nitrogen and oxygen atoms in total. The van der Waals surface area contributed by atoms with Crippen LogP contribution in [0, 0.1) is 12.3 Å². The number of sulfonamides is 1. The normalized spacial score (nSPS) is 18.9. The highest BCUT2D eigenvalue weighted by molar-refractivity contribution is 8.00. The Morgan fingerprint density at radius 2 is 1.22 bits per heavy atom. The van der Waals surface area contributed by atoms with Gasteiger partial charge in [-0.1, -0.05) is 117 Å². The van der Waals surface area contributed by atoms with Crippen LogP contribution in [0.15, 0.2) is 117 Å². The summed E-state index contributed by atoms with van der Waals surface area (Å²) < 4.78 is 33.2. The Kier molecular flexibility index (Phi) is 5.49. The van der Waals surface area contributed by atoms with Crippen LogP contribution in [-0.4, -0.2) is 8.42 Å². The number of allylic oxidation sites excluding steroid dienone is 1. The number of fused-ring (bicyclic) bond motifs is 3. The highest BCUT2D eigenvalue weighted by Crippen LogP contribution is 2.94. The van der Waals surface area contributed by atoms with E-state index < -0.39 is 17.1 Å². The lowest BCUT2D eigenvalue weighted by molar-refractivity contribution is 0.538. The zero-order chi connectivity index (χ0) is 26.0. The van der Waals surface area contributed by atoms with E-state index in [1.54, 1.807) is 12.1 Å². The van der Waals surface area contributed by atoms with E-state index in [0.29, 0.717) is 0 Å². The monoisotopic (exact) mass is 523 g/mol. The first-order valence-electron chi connectivity index (χ1n) is 12.6. The summed E-state index contributed by atoms with van der Waals surface area (Å²) in [5, 5.41) is 2.33. The van der Waals surface area contributed by atoms with E-state index in [-0.39, 0.29) is 16.0 Å². The summed E-state index contributed by atoms with van der Waals surface area (Å²) in [5.41, 5.74) is 6.44. The Hall–Kier alpha value is -3.20. The van der Waals surface area contributed by atoms with E-state index >= 15 is 0 Å². The Bertz CT molecular complexity index is 1680. The first kappa shape index (κ1) is 24.2. The molecule has 1 aliphatic heterocycles. The first-order valence-corrected chi connectivity index (χ1v) is 15.8. The van der Waals surface area contributed by atoms with Gasteiger partial charge in [-0.3, -0.25) is 0 Å². The fourth-order valence-electron chi connectivity index (χ4n) is 5.89. The Balaban J connectivity index is 1.70. The summed E-state index contributed by atoms with van der Waals surface area (Å²) in [6.07, 6.45) is 0. The van der Waals surface area contributed by atoms with Crippen LogP contribution in [0.25, 0.3) is 16.4 Å². The quantitative estimate of drug-likeness (QED) is 0.250. The summed E-state index contributed by atoms with van der Waals surface area (Å²) in [5.74, 6) is 0. The predicted molar refractivity (Wildman–Crippen MR) is 154 cm³/mol. The minimum atomic E-state index is -3.92. The number of benzene rings is 4. The molecule has 0 amide bonds. The van der Waals surface area contributed by atoms with Crippen molar-refractivity contribution < 1.29 is 8.42 Å². The fraction of sp³-hybridized carbons (Fsp3) is 0.188. The molecule has 1 aliphatic carbocycles. The molecule has 0 aromatic heterocycles. The van der Waals surface area contributed by atoms with Crippen molar-refractivity contribution in [3.8, 4) is 11.1 Å². The van der Waals surface area contributed by atoms with Crippen molar-refractivity contribution in [2.45, 2.75) is 38.2 Å². The smallest absolute Gasteiger partial charge is 0.199 e. The average Bonchev–Trinajstić information content (AvgIpc) is 3.42. The molecule has 2 aliphatic rings. The second-order valence-electron chi connectivity index (χ2n) is 10.9. The molecule has 1 heterocycles. The average molecular weight is 524 g/mol. The van der Waals surface area contributed by atoms with E-state index in [9.17, 15) is 8.42 Å². The van der Waals surface area contributed by atoms with Gasteiger partial charge < -0.3 is 0 Å². The molecule has 0 bridgehead atoms. The van der Waals surface area contributed by atoms with E-state index in [2.05, 4.69) is 81.4 Å². The van der Waals surface area contributed by atoms with Gasteiger partial charge in [0.15, 0.2) is 0 Å². The zero-order valence-electron chi connectivity index (χ0n) is 21.5. The van der Waals surface area contributed by atoms with Gasteiger partial charge in [0.1, 0.15) is 0 Å². The molecule has 0 saturated heterocycles. The largest absolute Gasteiger partial charge is 0.281 e. The molecule has 1 atom stereocenters. The third kappa shape index (κ3) is 3.77. The standard InChI is InChI=1S/C32H30NO2PS/c1-22-18-20-24(21-19-22)37(34,35)33-36(29(31(36)32(2,3)4)23-12-6-5-7-13-23)30-27-16-10-8-14-25(27)26-15-9-11-17-28(26)30/h5-21,30H,1-4H3. The van der Waals surface area contributed by atoms with Crippen LogP contribution in [0.2, 0.25) is 0 Å². The van der Waals surface area contributed by atoms with Gasteiger partial charge in [-0.05, 0) is 57.6 Å². The van der Waals surface area contributed by atoms with Crippen LogP contribution in [0.4, 0.5) is 0 Å². The molecular formula is C32H30NO2PS. The lowest BCUT2D eigenvalue weighted by atomic mass is 9.95. The molecule has 0 saturated carbocycles. The van der Waals surface area contributed by atoms with Crippen LogP contribution in [0.3, 0.4) is 0 Å². The maximum Gasteiger partial charge on any atom is 0.281 e. The summed E-state index contributed by atoms with van der Waals surface area (Å²) in [6, 6.07) is 34.2. The molecule has 186 valence electrons. The Labute approximate surface area is 220 Å². The van der Waals surface area contributed by atoms with E-state index in [1.807, 2.05) is 37.3 Å². The van der Waals surface area contributed by atoms with Crippen molar-refractivity contribution in [2.75, 3.05) is 0 Å². The van der Waals surface area contributed by atoms with Crippen LogP contribution in [0.1, 0.15) is 48.7 Å². The third-order valence-electron chi connectivity index (χ3n) is 7.34. The maximum atomic E-state index is 14.1. The molecule has 37 heavy (non-hydrogen) atoms. The number of rotatable bonds is 4. The van der Waals surface area contributed by atoms with Crippen molar-refractivity contribution in [1.29, 1.82) is 0 Å². The van der Waals surface area contributed by atoms with Crippen molar-refractivity contribution in [1.82, 2.24) is 0 Å². The first-order chi connectivity index (χ1) is 17.6. The molecule has 0 fully saturated rings. The number of hydrogen-bond acceptors (Lipinski definition) is 2.